The number of methoxy groups -OCH3 is 1. The molecule has 0 aromatic heterocycles. The molecule has 2 amide bonds. The van der Waals surface area contributed by atoms with Crippen LogP contribution in [0.4, 0.5) is 4.79 Å². The second-order valence-electron chi connectivity index (χ2n) is 6.41. The van der Waals surface area contributed by atoms with Gasteiger partial charge in [0.05, 0.1) is 31.9 Å². The third kappa shape index (κ3) is 4.47. The first-order chi connectivity index (χ1) is 12.4. The number of allylic oxidation sites excluding steroid dienone is 1. The Morgan fingerprint density at radius 3 is 2.62 bits per heavy atom. The van der Waals surface area contributed by atoms with E-state index in [1.54, 1.807) is 32.2 Å². The molecule has 142 valence electrons. The lowest BCUT2D eigenvalue weighted by Gasteiger charge is -2.28. The molecule has 0 spiro atoms. The number of carbonyl (C=O) groups excluding carboxylic acids is 2. The van der Waals surface area contributed by atoms with E-state index < -0.39 is 12.0 Å². The Morgan fingerprint density at radius 2 is 2.00 bits per heavy atom. The van der Waals surface area contributed by atoms with E-state index in [1.165, 1.54) is 0 Å². The van der Waals surface area contributed by atoms with Gasteiger partial charge in [-0.25, -0.2) is 9.59 Å². The van der Waals surface area contributed by atoms with Gasteiger partial charge in [0.15, 0.2) is 11.5 Å². The molecule has 0 saturated carbocycles. The number of rotatable bonds is 7. The summed E-state index contributed by atoms with van der Waals surface area (Å²) >= 11 is 0. The topological polar surface area (TPSA) is 85.9 Å². The summed E-state index contributed by atoms with van der Waals surface area (Å²) < 4.78 is 16.3. The highest BCUT2D eigenvalue weighted by Crippen LogP contribution is 2.34. The fourth-order valence-corrected chi connectivity index (χ4v) is 2.68. The zero-order chi connectivity index (χ0) is 19.3. The molecule has 0 radical (unpaired) electrons. The highest BCUT2D eigenvalue weighted by atomic mass is 16.5. The van der Waals surface area contributed by atoms with E-state index >= 15 is 0 Å². The Morgan fingerprint density at radius 1 is 1.27 bits per heavy atom. The number of nitrogens with one attached hydrogen (secondary N) is 2. The molecule has 0 saturated heterocycles. The van der Waals surface area contributed by atoms with Gasteiger partial charge < -0.3 is 24.8 Å². The molecule has 1 heterocycles. The van der Waals surface area contributed by atoms with Gasteiger partial charge in [-0.15, -0.1) is 0 Å². The Hall–Kier alpha value is -2.70. The first-order valence-corrected chi connectivity index (χ1v) is 8.63. The normalized spacial score (nSPS) is 16.8. The average Bonchev–Trinajstić information content (AvgIpc) is 2.59. The molecule has 2 rings (SSSR count). The largest absolute Gasteiger partial charge is 0.493 e. The predicted octanol–water partition coefficient (Wildman–Crippen LogP) is 2.92. The maximum absolute atomic E-state index is 12.6. The highest BCUT2D eigenvalue weighted by Gasteiger charge is 2.32. The van der Waals surface area contributed by atoms with E-state index in [9.17, 15) is 9.59 Å². The maximum atomic E-state index is 12.6. The van der Waals surface area contributed by atoms with Crippen molar-refractivity contribution in [2.75, 3.05) is 20.3 Å². The van der Waals surface area contributed by atoms with Crippen molar-refractivity contribution in [3.63, 3.8) is 0 Å². The Labute approximate surface area is 153 Å². The van der Waals surface area contributed by atoms with Crippen LogP contribution in [-0.4, -0.2) is 32.3 Å². The van der Waals surface area contributed by atoms with Gasteiger partial charge in [-0.3, -0.25) is 0 Å². The van der Waals surface area contributed by atoms with Crippen molar-refractivity contribution >= 4 is 12.0 Å². The average molecular weight is 362 g/mol. The van der Waals surface area contributed by atoms with Crippen LogP contribution >= 0.6 is 0 Å². The zero-order valence-electron chi connectivity index (χ0n) is 15.8. The van der Waals surface area contributed by atoms with Crippen molar-refractivity contribution in [3.05, 3.63) is 35.0 Å². The molecular weight excluding hydrogens is 336 g/mol. The van der Waals surface area contributed by atoms with Crippen molar-refractivity contribution in [2.45, 2.75) is 33.7 Å². The lowest BCUT2D eigenvalue weighted by Crippen LogP contribution is -2.45. The first kappa shape index (κ1) is 19.6. The van der Waals surface area contributed by atoms with Crippen LogP contribution in [0.25, 0.3) is 0 Å². The third-order valence-electron chi connectivity index (χ3n) is 3.86. The number of hydrogen-bond donors (Lipinski definition) is 2. The minimum atomic E-state index is -0.631. The minimum absolute atomic E-state index is 0.218. The minimum Gasteiger partial charge on any atom is -0.493 e. The van der Waals surface area contributed by atoms with Crippen LogP contribution in [0.3, 0.4) is 0 Å². The summed E-state index contributed by atoms with van der Waals surface area (Å²) in [6.07, 6.45) is 0. The molecule has 1 aliphatic heterocycles. The van der Waals surface area contributed by atoms with Crippen molar-refractivity contribution in [2.24, 2.45) is 5.92 Å². The Balaban J connectivity index is 2.40. The van der Waals surface area contributed by atoms with Crippen LogP contribution < -0.4 is 20.1 Å². The van der Waals surface area contributed by atoms with E-state index in [1.807, 2.05) is 20.8 Å². The molecule has 7 heteroatoms. The number of carbonyl (C=O) groups is 2. The van der Waals surface area contributed by atoms with Gasteiger partial charge in [0.2, 0.25) is 0 Å². The third-order valence-corrected chi connectivity index (χ3v) is 3.86. The summed E-state index contributed by atoms with van der Waals surface area (Å²) in [6, 6.07) is 4.30. The summed E-state index contributed by atoms with van der Waals surface area (Å²) in [6.45, 7) is 8.26. The van der Waals surface area contributed by atoms with Gasteiger partial charge in [0.25, 0.3) is 0 Å². The van der Waals surface area contributed by atoms with Crippen molar-refractivity contribution < 1.29 is 23.8 Å². The fourth-order valence-electron chi connectivity index (χ4n) is 2.68. The molecule has 1 unspecified atom stereocenters. The van der Waals surface area contributed by atoms with Gasteiger partial charge in [-0.2, -0.15) is 0 Å². The summed E-state index contributed by atoms with van der Waals surface area (Å²) in [5.74, 6) is 0.894. The number of benzene rings is 1. The molecule has 0 aliphatic carbocycles. The second kappa shape index (κ2) is 8.60. The predicted molar refractivity (Wildman–Crippen MR) is 97.1 cm³/mol. The van der Waals surface area contributed by atoms with Crippen molar-refractivity contribution in [3.8, 4) is 11.5 Å². The van der Waals surface area contributed by atoms with Crippen LogP contribution in [0, 0.1) is 5.92 Å². The molecule has 1 aromatic carbocycles. The lowest BCUT2D eigenvalue weighted by atomic mass is 9.95. The van der Waals surface area contributed by atoms with Gasteiger partial charge in [-0.1, -0.05) is 19.9 Å². The van der Waals surface area contributed by atoms with E-state index in [4.69, 9.17) is 14.2 Å². The molecule has 0 bridgehead atoms. The molecule has 26 heavy (non-hydrogen) atoms. The maximum Gasteiger partial charge on any atom is 0.338 e. The SMILES string of the molecule is CCOc1cc(C2NC(=O)NC(C)=C2C(=O)OCC(C)C)ccc1OC. The number of esters is 1. The quantitative estimate of drug-likeness (QED) is 0.729. The van der Waals surface area contributed by atoms with Crippen LogP contribution in [0.5, 0.6) is 11.5 Å². The van der Waals surface area contributed by atoms with Gasteiger partial charge in [-0.05, 0) is 37.5 Å². The molecule has 2 N–H and O–H groups in total. The van der Waals surface area contributed by atoms with E-state index in [0.717, 1.165) is 0 Å². The molecule has 7 nitrogen and oxygen atoms in total. The summed E-state index contributed by atoms with van der Waals surface area (Å²) in [4.78, 5) is 24.6. The Kier molecular flexibility index (Phi) is 6.49. The van der Waals surface area contributed by atoms with E-state index in [0.29, 0.717) is 41.5 Å². The molecule has 0 fully saturated rings. The number of urea groups is 1. The number of ether oxygens (including phenoxy) is 3. The summed E-state index contributed by atoms with van der Waals surface area (Å²) in [5, 5.41) is 5.42. The van der Waals surface area contributed by atoms with Crippen LogP contribution in [0.2, 0.25) is 0 Å². The molecule has 1 aliphatic rings. The van der Waals surface area contributed by atoms with Gasteiger partial charge >= 0.3 is 12.0 Å². The smallest absolute Gasteiger partial charge is 0.338 e. The highest BCUT2D eigenvalue weighted by molar-refractivity contribution is 5.95. The zero-order valence-corrected chi connectivity index (χ0v) is 15.8. The van der Waals surface area contributed by atoms with Gasteiger partial charge in [0.1, 0.15) is 0 Å². The van der Waals surface area contributed by atoms with Crippen molar-refractivity contribution in [1.29, 1.82) is 0 Å². The molecule has 1 aromatic rings. The van der Waals surface area contributed by atoms with Crippen molar-refractivity contribution in [1.82, 2.24) is 10.6 Å². The Bertz CT molecular complexity index is 712. The van der Waals surface area contributed by atoms with Crippen LogP contribution in [0.15, 0.2) is 29.5 Å². The number of hydrogen-bond acceptors (Lipinski definition) is 5. The van der Waals surface area contributed by atoms with Gasteiger partial charge in [0, 0.05) is 5.70 Å². The van der Waals surface area contributed by atoms with Crippen LogP contribution in [-0.2, 0) is 9.53 Å². The fraction of sp³-hybridized carbons (Fsp3) is 0.474. The first-order valence-electron chi connectivity index (χ1n) is 8.63. The van der Waals surface area contributed by atoms with Crippen LogP contribution in [0.1, 0.15) is 39.3 Å². The number of amides is 2. The molecule has 1 atom stereocenters. The molecular formula is C19H26N2O5. The second-order valence-corrected chi connectivity index (χ2v) is 6.41. The monoisotopic (exact) mass is 362 g/mol. The standard InChI is InChI=1S/C19H26N2O5/c1-6-25-15-9-13(7-8-14(15)24-5)17-16(12(4)20-19(23)21-17)18(22)26-10-11(2)3/h7-9,11,17H,6,10H2,1-5H3,(H2,20,21,23). The summed E-state index contributed by atoms with van der Waals surface area (Å²) in [5.41, 5.74) is 1.55. The summed E-state index contributed by atoms with van der Waals surface area (Å²) in [7, 11) is 1.56. The van der Waals surface area contributed by atoms with E-state index in [-0.39, 0.29) is 11.9 Å². The lowest BCUT2D eigenvalue weighted by molar-refractivity contribution is -0.140. The van der Waals surface area contributed by atoms with E-state index in [2.05, 4.69) is 10.6 Å².